The normalized spacial score (nSPS) is 17.4. The Morgan fingerprint density at radius 3 is 1.90 bits per heavy atom. The largest absolute Gasteiger partial charge is 0.330 e. The molecule has 0 bridgehead atoms. The zero-order valence-corrected chi connectivity index (χ0v) is 7.52. The zero-order valence-electron chi connectivity index (χ0n) is 7.52. The zero-order chi connectivity index (χ0) is 8.15. The Morgan fingerprint density at radius 2 is 1.80 bits per heavy atom. The van der Waals surface area contributed by atoms with Crippen LogP contribution in [-0.4, -0.2) is 19.6 Å². The molecule has 0 heterocycles. The number of nitrogens with two attached hydrogens (primary N) is 1. The van der Waals surface area contributed by atoms with Crippen molar-refractivity contribution in [2.45, 2.75) is 26.8 Å². The molecule has 3 N–H and O–H groups in total. The minimum Gasteiger partial charge on any atom is -0.330 e. The third kappa shape index (κ3) is 2.67. The third-order valence-electron chi connectivity index (χ3n) is 2.04. The first-order valence-electron chi connectivity index (χ1n) is 4.00. The van der Waals surface area contributed by atoms with E-state index in [-0.39, 0.29) is 0 Å². The van der Waals surface area contributed by atoms with Gasteiger partial charge in [-0.15, -0.1) is 0 Å². The number of hydrogen-bond donors (Lipinski definition) is 2. The molecule has 62 valence electrons. The molecule has 0 saturated heterocycles. The Balaban J connectivity index is 3.80. The summed E-state index contributed by atoms with van der Waals surface area (Å²) >= 11 is 0. The highest BCUT2D eigenvalue weighted by atomic mass is 14.9. The molecule has 10 heavy (non-hydrogen) atoms. The fourth-order valence-corrected chi connectivity index (χ4v) is 1.42. The lowest BCUT2D eigenvalue weighted by Gasteiger charge is -2.25. The van der Waals surface area contributed by atoms with Crippen LogP contribution in [0.1, 0.15) is 20.8 Å². The molecule has 0 amide bonds. The van der Waals surface area contributed by atoms with Crippen LogP contribution in [0.2, 0.25) is 0 Å². The summed E-state index contributed by atoms with van der Waals surface area (Å²) in [6.45, 7) is 7.38. The molecule has 0 aliphatic rings. The van der Waals surface area contributed by atoms with Gasteiger partial charge in [0.15, 0.2) is 0 Å². The number of nitrogens with one attached hydrogen (secondary N) is 1. The number of rotatable bonds is 4. The van der Waals surface area contributed by atoms with Crippen molar-refractivity contribution in [2.24, 2.45) is 17.6 Å². The molecule has 2 unspecified atom stereocenters. The predicted molar refractivity (Wildman–Crippen MR) is 45.9 cm³/mol. The van der Waals surface area contributed by atoms with Crippen LogP contribution in [0.25, 0.3) is 0 Å². The van der Waals surface area contributed by atoms with Gasteiger partial charge in [0.25, 0.3) is 0 Å². The van der Waals surface area contributed by atoms with E-state index < -0.39 is 0 Å². The maximum absolute atomic E-state index is 5.55. The Bertz CT molecular complexity index is 81.3. The average Bonchev–Trinajstić information content (AvgIpc) is 1.88. The van der Waals surface area contributed by atoms with E-state index in [0.717, 1.165) is 6.54 Å². The van der Waals surface area contributed by atoms with Gasteiger partial charge in [0.1, 0.15) is 0 Å². The fourth-order valence-electron chi connectivity index (χ4n) is 1.42. The van der Waals surface area contributed by atoms with Crippen LogP contribution in [0.15, 0.2) is 0 Å². The first-order valence-corrected chi connectivity index (χ1v) is 4.00. The molecule has 0 aromatic heterocycles. The minimum atomic E-state index is 0.560. The molecule has 0 saturated carbocycles. The van der Waals surface area contributed by atoms with Crippen molar-refractivity contribution in [3.05, 3.63) is 0 Å². The molecule has 0 aromatic carbocycles. The molecule has 0 radical (unpaired) electrons. The summed E-state index contributed by atoms with van der Waals surface area (Å²) in [5, 5.41) is 3.27. The Labute approximate surface area is 64.2 Å². The van der Waals surface area contributed by atoms with Gasteiger partial charge in [-0.1, -0.05) is 20.8 Å². The maximum atomic E-state index is 5.55. The molecule has 2 atom stereocenters. The number of hydrogen-bond acceptors (Lipinski definition) is 2. The van der Waals surface area contributed by atoms with E-state index >= 15 is 0 Å². The lowest BCUT2D eigenvalue weighted by Crippen LogP contribution is -2.40. The van der Waals surface area contributed by atoms with Gasteiger partial charge in [0.05, 0.1) is 0 Å². The second-order valence-corrected chi connectivity index (χ2v) is 3.27. The molecular weight excluding hydrogens is 124 g/mol. The van der Waals surface area contributed by atoms with Crippen molar-refractivity contribution in [3.63, 3.8) is 0 Å². The fraction of sp³-hybridized carbons (Fsp3) is 1.00. The van der Waals surface area contributed by atoms with Crippen LogP contribution in [0.4, 0.5) is 0 Å². The molecule has 0 aliphatic carbocycles. The van der Waals surface area contributed by atoms with E-state index in [1.165, 1.54) is 0 Å². The average molecular weight is 144 g/mol. The smallest absolute Gasteiger partial charge is 0.0125 e. The lowest BCUT2D eigenvalue weighted by molar-refractivity contribution is 0.321. The molecular formula is C8H20N2. The van der Waals surface area contributed by atoms with Crippen LogP contribution in [0.3, 0.4) is 0 Å². The molecule has 2 nitrogen and oxygen atoms in total. The first-order chi connectivity index (χ1) is 4.63. The highest BCUT2D eigenvalue weighted by Crippen LogP contribution is 2.10. The SMILES string of the molecule is CNC(C(C)C)C(C)CN. The summed E-state index contributed by atoms with van der Waals surface area (Å²) in [5.41, 5.74) is 5.55. The predicted octanol–water partition coefficient (Wildman–Crippen LogP) is 0.825. The molecule has 0 aromatic rings. The van der Waals surface area contributed by atoms with Crippen LogP contribution in [0, 0.1) is 11.8 Å². The van der Waals surface area contributed by atoms with E-state index in [4.69, 9.17) is 5.73 Å². The topological polar surface area (TPSA) is 38.0 Å². The van der Waals surface area contributed by atoms with Gasteiger partial charge < -0.3 is 11.1 Å². The summed E-state index contributed by atoms with van der Waals surface area (Å²) in [7, 11) is 2.00. The Morgan fingerprint density at radius 1 is 1.30 bits per heavy atom. The summed E-state index contributed by atoms with van der Waals surface area (Å²) in [6.07, 6.45) is 0. The molecule has 0 rings (SSSR count). The van der Waals surface area contributed by atoms with E-state index in [0.29, 0.717) is 17.9 Å². The summed E-state index contributed by atoms with van der Waals surface area (Å²) in [5.74, 6) is 1.24. The van der Waals surface area contributed by atoms with E-state index in [9.17, 15) is 0 Å². The van der Waals surface area contributed by atoms with E-state index in [2.05, 4.69) is 26.1 Å². The second-order valence-electron chi connectivity index (χ2n) is 3.27. The monoisotopic (exact) mass is 144 g/mol. The second kappa shape index (κ2) is 4.69. The molecule has 0 fully saturated rings. The van der Waals surface area contributed by atoms with Crippen molar-refractivity contribution in [1.29, 1.82) is 0 Å². The van der Waals surface area contributed by atoms with Gasteiger partial charge >= 0.3 is 0 Å². The van der Waals surface area contributed by atoms with Gasteiger partial charge in [0.2, 0.25) is 0 Å². The molecule has 0 spiro atoms. The molecule has 2 heteroatoms. The van der Waals surface area contributed by atoms with Crippen molar-refractivity contribution in [3.8, 4) is 0 Å². The van der Waals surface area contributed by atoms with Crippen LogP contribution in [0.5, 0.6) is 0 Å². The van der Waals surface area contributed by atoms with Gasteiger partial charge in [-0.05, 0) is 25.4 Å². The van der Waals surface area contributed by atoms with Crippen molar-refractivity contribution >= 4 is 0 Å². The van der Waals surface area contributed by atoms with Gasteiger partial charge in [0, 0.05) is 6.04 Å². The van der Waals surface area contributed by atoms with Crippen LogP contribution in [-0.2, 0) is 0 Å². The highest BCUT2D eigenvalue weighted by molar-refractivity contribution is 4.74. The van der Waals surface area contributed by atoms with E-state index in [1.54, 1.807) is 0 Å². The van der Waals surface area contributed by atoms with Gasteiger partial charge in [-0.2, -0.15) is 0 Å². The molecule has 0 aliphatic heterocycles. The van der Waals surface area contributed by atoms with Crippen LogP contribution < -0.4 is 11.1 Å². The standard InChI is InChI=1S/C8H20N2/c1-6(2)8(10-4)7(3)5-9/h6-8,10H,5,9H2,1-4H3. The quantitative estimate of drug-likeness (QED) is 0.613. The maximum Gasteiger partial charge on any atom is 0.0125 e. The van der Waals surface area contributed by atoms with Gasteiger partial charge in [-0.3, -0.25) is 0 Å². The van der Waals surface area contributed by atoms with Crippen LogP contribution >= 0.6 is 0 Å². The Hall–Kier alpha value is -0.0800. The van der Waals surface area contributed by atoms with Crippen molar-refractivity contribution in [2.75, 3.05) is 13.6 Å². The van der Waals surface area contributed by atoms with Crippen molar-refractivity contribution in [1.82, 2.24) is 5.32 Å². The summed E-state index contributed by atoms with van der Waals surface area (Å²) < 4.78 is 0. The summed E-state index contributed by atoms with van der Waals surface area (Å²) in [4.78, 5) is 0. The third-order valence-corrected chi connectivity index (χ3v) is 2.04. The first kappa shape index (κ1) is 9.92. The lowest BCUT2D eigenvalue weighted by atomic mass is 9.92. The van der Waals surface area contributed by atoms with Crippen molar-refractivity contribution < 1.29 is 0 Å². The van der Waals surface area contributed by atoms with Gasteiger partial charge in [-0.25, -0.2) is 0 Å². The highest BCUT2D eigenvalue weighted by Gasteiger charge is 2.16. The minimum absolute atomic E-state index is 0.560. The summed E-state index contributed by atoms with van der Waals surface area (Å²) in [6, 6.07) is 0.560. The van der Waals surface area contributed by atoms with E-state index in [1.807, 2.05) is 7.05 Å². The Kier molecular flexibility index (Phi) is 4.65.